The third-order valence-corrected chi connectivity index (χ3v) is 5.19. The lowest BCUT2D eigenvalue weighted by Crippen LogP contribution is -2.07. The second-order valence-electron chi connectivity index (χ2n) is 6.19. The lowest BCUT2D eigenvalue weighted by atomic mass is 9.99. The van der Waals surface area contributed by atoms with Crippen LogP contribution in [0.5, 0.6) is 0 Å². The summed E-state index contributed by atoms with van der Waals surface area (Å²) in [7, 11) is -1.79. The van der Waals surface area contributed by atoms with E-state index in [0.717, 1.165) is 12.5 Å². The van der Waals surface area contributed by atoms with Crippen LogP contribution in [-0.2, 0) is 16.0 Å². The zero-order valence-electron chi connectivity index (χ0n) is 17.2. The SMILES string of the molecule is C=C(c1nc(C(F)(F)F)cn1-c1ccc(S(C)(=O)=O)cc1)C(C)CC=NC.CC. The predicted octanol–water partition coefficient (Wildman–Crippen LogP) is 5.06. The van der Waals surface area contributed by atoms with Crippen molar-refractivity contribution >= 4 is 21.6 Å². The van der Waals surface area contributed by atoms with Crippen molar-refractivity contribution in [2.75, 3.05) is 13.3 Å². The standard InChI is InChI=1S/C18H20F3N3O2S.C2H6/c1-12(9-10-22-3)13(2)17-23-16(18(19,20)21)11-24(17)14-5-7-15(8-6-14)27(4,25)26;1-2/h5-8,10-12H,2,9H2,1,3-4H3;1-2H3. The summed E-state index contributed by atoms with van der Waals surface area (Å²) in [6.45, 7) is 9.73. The van der Waals surface area contributed by atoms with Crippen LogP contribution in [0.2, 0.25) is 0 Å². The van der Waals surface area contributed by atoms with E-state index in [2.05, 4.69) is 16.6 Å². The number of benzene rings is 1. The molecule has 1 aromatic carbocycles. The highest BCUT2D eigenvalue weighted by molar-refractivity contribution is 7.90. The van der Waals surface area contributed by atoms with Crippen molar-refractivity contribution in [3.63, 3.8) is 0 Å². The van der Waals surface area contributed by atoms with E-state index < -0.39 is 21.7 Å². The first-order valence-corrected chi connectivity index (χ1v) is 10.9. The molecule has 0 spiro atoms. The molecule has 0 saturated heterocycles. The molecule has 0 fully saturated rings. The molecule has 0 saturated carbocycles. The monoisotopic (exact) mass is 429 g/mol. The summed E-state index contributed by atoms with van der Waals surface area (Å²) in [4.78, 5) is 7.69. The Bertz CT molecular complexity index is 960. The molecular formula is C20H26F3N3O2S. The Morgan fingerprint density at radius 2 is 1.83 bits per heavy atom. The van der Waals surface area contributed by atoms with Gasteiger partial charge in [0.2, 0.25) is 0 Å². The molecule has 9 heteroatoms. The minimum Gasteiger partial charge on any atom is -0.301 e. The molecule has 160 valence electrons. The van der Waals surface area contributed by atoms with Gasteiger partial charge in [0, 0.05) is 25.2 Å². The molecule has 0 N–H and O–H groups in total. The Morgan fingerprint density at radius 3 is 2.28 bits per heavy atom. The number of rotatable bonds is 6. The van der Waals surface area contributed by atoms with Crippen molar-refractivity contribution in [1.29, 1.82) is 0 Å². The molecule has 0 radical (unpaired) electrons. The summed E-state index contributed by atoms with van der Waals surface area (Å²) in [5.74, 6) is -0.0994. The van der Waals surface area contributed by atoms with Crippen LogP contribution in [0.25, 0.3) is 11.3 Å². The van der Waals surface area contributed by atoms with Gasteiger partial charge in [0.05, 0.1) is 4.90 Å². The highest BCUT2D eigenvalue weighted by atomic mass is 32.2. The number of nitrogens with zero attached hydrogens (tertiary/aromatic N) is 3. The van der Waals surface area contributed by atoms with Crippen molar-refractivity contribution in [2.24, 2.45) is 10.9 Å². The van der Waals surface area contributed by atoms with Gasteiger partial charge in [-0.25, -0.2) is 13.4 Å². The number of hydrogen-bond donors (Lipinski definition) is 0. The van der Waals surface area contributed by atoms with E-state index in [1.54, 1.807) is 13.3 Å². The predicted molar refractivity (Wildman–Crippen MR) is 110 cm³/mol. The lowest BCUT2D eigenvalue weighted by molar-refractivity contribution is -0.140. The van der Waals surface area contributed by atoms with Crippen molar-refractivity contribution in [1.82, 2.24) is 9.55 Å². The topological polar surface area (TPSA) is 64.3 Å². The lowest BCUT2D eigenvalue weighted by Gasteiger charge is -2.14. The van der Waals surface area contributed by atoms with Crippen molar-refractivity contribution in [3.05, 3.63) is 48.6 Å². The molecule has 2 rings (SSSR count). The third kappa shape index (κ3) is 6.28. The molecule has 1 atom stereocenters. The van der Waals surface area contributed by atoms with Gasteiger partial charge in [0.15, 0.2) is 15.5 Å². The van der Waals surface area contributed by atoms with Gasteiger partial charge in [-0.05, 0) is 48.4 Å². The van der Waals surface area contributed by atoms with Crippen molar-refractivity contribution in [3.8, 4) is 5.69 Å². The molecule has 2 aromatic rings. The molecular weight excluding hydrogens is 403 g/mol. The number of hydrogen-bond acceptors (Lipinski definition) is 4. The van der Waals surface area contributed by atoms with Crippen LogP contribution in [0.15, 0.2) is 46.9 Å². The van der Waals surface area contributed by atoms with Crippen LogP contribution in [0.4, 0.5) is 13.2 Å². The Balaban J connectivity index is 0.00000204. The zero-order chi connectivity index (χ0) is 22.4. The van der Waals surface area contributed by atoms with E-state index >= 15 is 0 Å². The molecule has 0 aliphatic rings. The van der Waals surface area contributed by atoms with Crippen molar-refractivity contribution < 1.29 is 21.6 Å². The minimum absolute atomic E-state index is 0.0754. The fraction of sp³-hybridized carbons (Fsp3) is 0.400. The summed E-state index contributed by atoms with van der Waals surface area (Å²) in [5, 5.41) is 0. The Hall–Kier alpha value is -2.42. The smallest absolute Gasteiger partial charge is 0.301 e. The Kier molecular flexibility index (Phi) is 8.37. The van der Waals surface area contributed by atoms with Gasteiger partial charge < -0.3 is 4.99 Å². The van der Waals surface area contributed by atoms with Gasteiger partial charge in [-0.15, -0.1) is 0 Å². The molecule has 1 aromatic heterocycles. The van der Waals surface area contributed by atoms with E-state index in [9.17, 15) is 21.6 Å². The maximum absolute atomic E-state index is 13.2. The number of halogens is 3. The highest BCUT2D eigenvalue weighted by Crippen LogP contribution is 2.33. The molecule has 1 unspecified atom stereocenters. The summed E-state index contributed by atoms with van der Waals surface area (Å²) >= 11 is 0. The van der Waals surface area contributed by atoms with Crippen LogP contribution in [0.3, 0.4) is 0 Å². The van der Waals surface area contributed by atoms with E-state index in [4.69, 9.17) is 0 Å². The molecule has 0 bridgehead atoms. The largest absolute Gasteiger partial charge is 0.434 e. The average molecular weight is 430 g/mol. The molecule has 0 amide bonds. The Labute approximate surface area is 169 Å². The molecule has 0 aliphatic heterocycles. The third-order valence-electron chi connectivity index (χ3n) is 4.06. The maximum Gasteiger partial charge on any atom is 0.434 e. The number of allylic oxidation sites excluding steroid dienone is 1. The first kappa shape index (κ1) is 24.6. The number of aromatic nitrogens is 2. The number of aliphatic imine (C=N–C) groups is 1. The van der Waals surface area contributed by atoms with E-state index in [-0.39, 0.29) is 16.6 Å². The zero-order valence-corrected chi connectivity index (χ0v) is 18.0. The molecule has 29 heavy (non-hydrogen) atoms. The van der Waals surface area contributed by atoms with Gasteiger partial charge in [-0.1, -0.05) is 27.4 Å². The van der Waals surface area contributed by atoms with Crippen LogP contribution < -0.4 is 0 Å². The molecule has 1 heterocycles. The fourth-order valence-electron chi connectivity index (χ4n) is 2.42. The van der Waals surface area contributed by atoms with Gasteiger partial charge in [0.1, 0.15) is 5.82 Å². The first-order valence-electron chi connectivity index (χ1n) is 9.02. The maximum atomic E-state index is 13.2. The van der Waals surface area contributed by atoms with E-state index in [1.165, 1.54) is 28.8 Å². The van der Waals surface area contributed by atoms with Crippen molar-refractivity contribution in [2.45, 2.75) is 38.3 Å². The van der Waals surface area contributed by atoms with E-state index in [1.807, 2.05) is 20.8 Å². The van der Waals surface area contributed by atoms with Gasteiger partial charge in [-0.3, -0.25) is 4.57 Å². The number of sulfone groups is 1. The van der Waals surface area contributed by atoms with Gasteiger partial charge in [-0.2, -0.15) is 13.2 Å². The molecule has 0 aliphatic carbocycles. The minimum atomic E-state index is -4.61. The van der Waals surface area contributed by atoms with Crippen LogP contribution in [-0.4, -0.2) is 37.5 Å². The van der Waals surface area contributed by atoms with Crippen LogP contribution >= 0.6 is 0 Å². The first-order chi connectivity index (χ1) is 13.4. The van der Waals surface area contributed by atoms with E-state index in [0.29, 0.717) is 17.7 Å². The summed E-state index contributed by atoms with van der Waals surface area (Å²) < 4.78 is 64.0. The average Bonchev–Trinajstić information content (AvgIpc) is 3.12. The van der Waals surface area contributed by atoms with Gasteiger partial charge >= 0.3 is 6.18 Å². The quantitative estimate of drug-likeness (QED) is 0.603. The molecule has 5 nitrogen and oxygen atoms in total. The second kappa shape index (κ2) is 9.87. The fourth-order valence-corrected chi connectivity index (χ4v) is 3.05. The Morgan fingerprint density at radius 1 is 1.28 bits per heavy atom. The highest BCUT2D eigenvalue weighted by Gasteiger charge is 2.35. The van der Waals surface area contributed by atoms with Crippen LogP contribution in [0, 0.1) is 5.92 Å². The normalized spacial score (nSPS) is 13.1. The summed E-state index contributed by atoms with van der Waals surface area (Å²) in [5.41, 5.74) is -0.252. The summed E-state index contributed by atoms with van der Waals surface area (Å²) in [6, 6.07) is 5.57. The van der Waals surface area contributed by atoms with Crippen LogP contribution in [0.1, 0.15) is 38.7 Å². The second-order valence-corrected chi connectivity index (χ2v) is 8.20. The summed E-state index contributed by atoms with van der Waals surface area (Å²) in [6.07, 6.45) is -0.492. The van der Waals surface area contributed by atoms with Gasteiger partial charge in [0.25, 0.3) is 0 Å². The number of alkyl halides is 3. The number of imidazole rings is 1.